The number of ether oxygens (including phenoxy) is 3. The van der Waals surface area contributed by atoms with Crippen LogP contribution in [0.3, 0.4) is 0 Å². The maximum atomic E-state index is 12.1. The molecule has 0 fully saturated rings. The number of rotatable bonds is 8. The highest BCUT2D eigenvalue weighted by molar-refractivity contribution is 5.93. The molecule has 0 aromatic heterocycles. The number of carbonyl (C=O) groups excluding carboxylic acids is 2. The third-order valence-corrected chi connectivity index (χ3v) is 3.37. The Hall–Kier alpha value is -3.62. The van der Waals surface area contributed by atoms with Crippen LogP contribution in [0.25, 0.3) is 0 Å². The highest BCUT2D eigenvalue weighted by Gasteiger charge is 2.14. The van der Waals surface area contributed by atoms with E-state index < -0.39 is 10.8 Å². The predicted molar refractivity (Wildman–Crippen MR) is 92.2 cm³/mol. The van der Waals surface area contributed by atoms with Crippen LogP contribution in [0.2, 0.25) is 0 Å². The third-order valence-electron chi connectivity index (χ3n) is 3.37. The molecule has 136 valence electrons. The van der Waals surface area contributed by atoms with Crippen molar-refractivity contribution in [3.8, 4) is 17.2 Å². The molecular weight excluding hydrogens is 344 g/mol. The number of nitro benzene ring substituents is 1. The van der Waals surface area contributed by atoms with Crippen molar-refractivity contribution in [3.63, 3.8) is 0 Å². The molecule has 0 radical (unpaired) electrons. The fourth-order valence-corrected chi connectivity index (χ4v) is 2.10. The van der Waals surface area contributed by atoms with Crippen molar-refractivity contribution in [1.29, 1.82) is 0 Å². The predicted octanol–water partition coefficient (Wildman–Crippen LogP) is 2.44. The van der Waals surface area contributed by atoms with Crippen LogP contribution in [0.1, 0.15) is 10.4 Å². The van der Waals surface area contributed by atoms with Crippen molar-refractivity contribution in [1.82, 2.24) is 0 Å². The largest absolute Gasteiger partial charge is 0.497 e. The van der Waals surface area contributed by atoms with Gasteiger partial charge >= 0.3 is 0 Å². The quantitative estimate of drug-likeness (QED) is 0.436. The van der Waals surface area contributed by atoms with E-state index in [-0.39, 0.29) is 35.0 Å². The SMILES string of the molecule is COc1ccc(OCC(=O)Nc2ccc([N+](=O)[O-])cc2OC)c(C=O)c1. The molecule has 0 heterocycles. The zero-order valence-corrected chi connectivity index (χ0v) is 14.1. The maximum absolute atomic E-state index is 12.1. The molecule has 2 rings (SSSR count). The molecule has 0 aliphatic rings. The zero-order chi connectivity index (χ0) is 19.1. The molecule has 2 aromatic rings. The standard InChI is InChI=1S/C17H16N2O7/c1-24-13-4-6-15(11(7-13)9-20)26-10-17(21)18-14-5-3-12(19(22)23)8-16(14)25-2/h3-9H,10H2,1-2H3,(H,18,21). The molecule has 9 heteroatoms. The van der Waals surface area contributed by atoms with Gasteiger partial charge in [-0.15, -0.1) is 0 Å². The van der Waals surface area contributed by atoms with Crippen LogP contribution in [0.15, 0.2) is 36.4 Å². The van der Waals surface area contributed by atoms with Crippen LogP contribution in [0.5, 0.6) is 17.2 Å². The molecule has 0 saturated heterocycles. The molecule has 1 N–H and O–H groups in total. The van der Waals surface area contributed by atoms with E-state index in [2.05, 4.69) is 5.32 Å². The molecule has 0 bridgehead atoms. The van der Waals surface area contributed by atoms with Gasteiger partial charge in [0.25, 0.3) is 11.6 Å². The molecule has 0 spiro atoms. The number of amides is 1. The molecule has 0 saturated carbocycles. The smallest absolute Gasteiger partial charge is 0.273 e. The van der Waals surface area contributed by atoms with E-state index in [4.69, 9.17) is 14.2 Å². The van der Waals surface area contributed by atoms with Gasteiger partial charge in [0.05, 0.1) is 36.5 Å². The van der Waals surface area contributed by atoms with E-state index in [1.807, 2.05) is 0 Å². The van der Waals surface area contributed by atoms with Crippen molar-refractivity contribution in [2.75, 3.05) is 26.1 Å². The molecule has 9 nitrogen and oxygen atoms in total. The Morgan fingerprint density at radius 1 is 1.15 bits per heavy atom. The number of hydrogen-bond acceptors (Lipinski definition) is 7. The Morgan fingerprint density at radius 2 is 1.92 bits per heavy atom. The highest BCUT2D eigenvalue weighted by atomic mass is 16.6. The lowest BCUT2D eigenvalue weighted by molar-refractivity contribution is -0.384. The number of non-ortho nitro benzene ring substituents is 1. The Kier molecular flexibility index (Phi) is 6.10. The van der Waals surface area contributed by atoms with Gasteiger partial charge in [-0.3, -0.25) is 19.7 Å². The number of benzene rings is 2. The van der Waals surface area contributed by atoms with Gasteiger partial charge < -0.3 is 19.5 Å². The summed E-state index contributed by atoms with van der Waals surface area (Å²) >= 11 is 0. The molecule has 1 amide bonds. The molecule has 26 heavy (non-hydrogen) atoms. The average Bonchev–Trinajstić information content (AvgIpc) is 2.66. The second kappa shape index (κ2) is 8.47. The minimum atomic E-state index is -0.568. The maximum Gasteiger partial charge on any atom is 0.273 e. The second-order valence-electron chi connectivity index (χ2n) is 5.00. The first kappa shape index (κ1) is 18.7. The van der Waals surface area contributed by atoms with Crippen LogP contribution in [0, 0.1) is 10.1 Å². The Bertz CT molecular complexity index is 836. The topological polar surface area (TPSA) is 117 Å². The second-order valence-corrected chi connectivity index (χ2v) is 5.00. The summed E-state index contributed by atoms with van der Waals surface area (Å²) < 4.78 is 15.4. The zero-order valence-electron chi connectivity index (χ0n) is 14.1. The van der Waals surface area contributed by atoms with E-state index >= 15 is 0 Å². The van der Waals surface area contributed by atoms with Gasteiger partial charge in [-0.1, -0.05) is 0 Å². The summed E-state index contributed by atoms with van der Waals surface area (Å²) in [6.07, 6.45) is 0.592. The first-order chi connectivity index (χ1) is 12.5. The number of hydrogen-bond donors (Lipinski definition) is 1. The summed E-state index contributed by atoms with van der Waals surface area (Å²) in [5, 5.41) is 13.3. The third kappa shape index (κ3) is 4.47. The van der Waals surface area contributed by atoms with Gasteiger partial charge in [0.2, 0.25) is 0 Å². The van der Waals surface area contributed by atoms with E-state index in [0.717, 1.165) is 0 Å². The minimum absolute atomic E-state index is 0.144. The monoisotopic (exact) mass is 360 g/mol. The van der Waals surface area contributed by atoms with Gasteiger partial charge in [-0.25, -0.2) is 0 Å². The Labute approximate surface area is 148 Å². The summed E-state index contributed by atoms with van der Waals surface area (Å²) in [7, 11) is 2.80. The summed E-state index contributed by atoms with van der Waals surface area (Å²) in [5.41, 5.74) is 0.340. The lowest BCUT2D eigenvalue weighted by atomic mass is 10.2. The first-order valence-electron chi connectivity index (χ1n) is 7.36. The molecular formula is C17H16N2O7. The molecule has 0 atom stereocenters. The minimum Gasteiger partial charge on any atom is -0.497 e. The number of carbonyl (C=O) groups is 2. The summed E-state index contributed by atoms with van der Waals surface area (Å²) in [6.45, 7) is -0.368. The van der Waals surface area contributed by atoms with Crippen LogP contribution in [0.4, 0.5) is 11.4 Å². The normalized spacial score (nSPS) is 9.92. The molecule has 2 aromatic carbocycles. The van der Waals surface area contributed by atoms with Gasteiger partial charge in [-0.2, -0.15) is 0 Å². The average molecular weight is 360 g/mol. The van der Waals surface area contributed by atoms with E-state index in [0.29, 0.717) is 12.0 Å². The Balaban J connectivity index is 2.05. The number of methoxy groups -OCH3 is 2. The molecule has 0 aliphatic carbocycles. The van der Waals surface area contributed by atoms with Crippen LogP contribution < -0.4 is 19.5 Å². The van der Waals surface area contributed by atoms with E-state index in [1.165, 1.54) is 44.6 Å². The van der Waals surface area contributed by atoms with Crippen molar-refractivity contribution in [3.05, 3.63) is 52.1 Å². The van der Waals surface area contributed by atoms with Crippen molar-refractivity contribution in [2.24, 2.45) is 0 Å². The summed E-state index contributed by atoms with van der Waals surface area (Å²) in [5.74, 6) is 0.335. The first-order valence-corrected chi connectivity index (χ1v) is 7.36. The molecule has 0 unspecified atom stereocenters. The van der Waals surface area contributed by atoms with Crippen LogP contribution in [-0.4, -0.2) is 37.9 Å². The van der Waals surface area contributed by atoms with Crippen molar-refractivity contribution < 1.29 is 28.7 Å². The van der Waals surface area contributed by atoms with Gasteiger partial charge in [0, 0.05) is 6.07 Å². The summed E-state index contributed by atoms with van der Waals surface area (Å²) in [4.78, 5) is 33.4. The number of nitrogens with one attached hydrogen (secondary N) is 1. The lowest BCUT2D eigenvalue weighted by Crippen LogP contribution is -2.21. The van der Waals surface area contributed by atoms with Gasteiger partial charge in [0.15, 0.2) is 12.9 Å². The fraction of sp³-hybridized carbons (Fsp3) is 0.176. The fourth-order valence-electron chi connectivity index (χ4n) is 2.10. The van der Waals surface area contributed by atoms with Crippen molar-refractivity contribution in [2.45, 2.75) is 0 Å². The van der Waals surface area contributed by atoms with Crippen LogP contribution in [-0.2, 0) is 4.79 Å². The number of aldehydes is 1. The summed E-state index contributed by atoms with van der Waals surface area (Å²) in [6, 6.07) is 8.40. The van der Waals surface area contributed by atoms with E-state index in [1.54, 1.807) is 6.07 Å². The Morgan fingerprint density at radius 3 is 2.54 bits per heavy atom. The van der Waals surface area contributed by atoms with Gasteiger partial charge in [0.1, 0.15) is 17.2 Å². The number of nitrogens with zero attached hydrogens (tertiary/aromatic N) is 1. The molecule has 0 aliphatic heterocycles. The van der Waals surface area contributed by atoms with Crippen LogP contribution >= 0.6 is 0 Å². The highest BCUT2D eigenvalue weighted by Crippen LogP contribution is 2.29. The number of anilines is 1. The number of nitro groups is 1. The van der Waals surface area contributed by atoms with E-state index in [9.17, 15) is 19.7 Å². The lowest BCUT2D eigenvalue weighted by Gasteiger charge is -2.12. The van der Waals surface area contributed by atoms with Gasteiger partial charge in [-0.05, 0) is 24.3 Å². The van der Waals surface area contributed by atoms with Crippen molar-refractivity contribution >= 4 is 23.6 Å².